The lowest BCUT2D eigenvalue weighted by Crippen LogP contribution is -2.39. The fourth-order valence-corrected chi connectivity index (χ4v) is 3.78. The number of likely N-dealkylation sites (tertiary alicyclic amines) is 1. The number of benzene rings is 1. The minimum absolute atomic E-state index is 0.0359. The van der Waals surface area contributed by atoms with Gasteiger partial charge in [-0.05, 0) is 37.5 Å². The fourth-order valence-electron chi connectivity index (χ4n) is 3.78. The molecule has 4 rings (SSSR count). The summed E-state index contributed by atoms with van der Waals surface area (Å²) in [5.74, 6) is -2.35. The van der Waals surface area contributed by atoms with Crippen LogP contribution in [0.25, 0.3) is 5.65 Å². The molecule has 150 valence electrons. The number of halogens is 2. The van der Waals surface area contributed by atoms with Crippen LogP contribution >= 0.6 is 0 Å². The van der Waals surface area contributed by atoms with Gasteiger partial charge in [-0.15, -0.1) is 0 Å². The summed E-state index contributed by atoms with van der Waals surface area (Å²) in [4.78, 5) is 31.0. The van der Waals surface area contributed by atoms with E-state index < -0.39 is 17.5 Å². The molecule has 0 spiro atoms. The summed E-state index contributed by atoms with van der Waals surface area (Å²) in [6.45, 7) is 0.453. The molecule has 3 aromatic rings. The van der Waals surface area contributed by atoms with E-state index in [-0.39, 0.29) is 17.5 Å². The van der Waals surface area contributed by atoms with Crippen molar-refractivity contribution in [1.29, 1.82) is 0 Å². The van der Waals surface area contributed by atoms with E-state index >= 15 is 0 Å². The molecule has 0 radical (unpaired) electrons. The van der Waals surface area contributed by atoms with Crippen LogP contribution in [-0.4, -0.2) is 44.9 Å². The molecule has 0 saturated carbocycles. The third-order valence-corrected chi connectivity index (χ3v) is 5.12. The molecule has 2 amide bonds. The molecule has 9 heteroatoms. The van der Waals surface area contributed by atoms with E-state index in [1.54, 1.807) is 21.7 Å². The van der Waals surface area contributed by atoms with Gasteiger partial charge < -0.3 is 10.2 Å². The SMILES string of the molecule is CNC(=O)c1cnn2c([C@H]3CCCCN3C(=O)c3cc(F)cc(F)c3)ccnc12. The number of nitrogens with zero attached hydrogens (tertiary/aromatic N) is 4. The Morgan fingerprint density at radius 2 is 1.93 bits per heavy atom. The van der Waals surface area contributed by atoms with Gasteiger partial charge in [0.2, 0.25) is 0 Å². The lowest BCUT2D eigenvalue weighted by atomic mass is 9.97. The summed E-state index contributed by atoms with van der Waals surface area (Å²) >= 11 is 0. The molecule has 2 aromatic heterocycles. The van der Waals surface area contributed by atoms with Crippen molar-refractivity contribution in [3.63, 3.8) is 0 Å². The first-order chi connectivity index (χ1) is 14.0. The second-order valence-electron chi connectivity index (χ2n) is 6.91. The fraction of sp³-hybridized carbons (Fsp3) is 0.300. The van der Waals surface area contributed by atoms with Crippen molar-refractivity contribution >= 4 is 17.5 Å². The first kappa shape index (κ1) is 19.0. The van der Waals surface area contributed by atoms with Gasteiger partial charge >= 0.3 is 0 Å². The maximum Gasteiger partial charge on any atom is 0.256 e. The third kappa shape index (κ3) is 3.43. The van der Waals surface area contributed by atoms with Crippen LogP contribution in [0.3, 0.4) is 0 Å². The molecule has 1 atom stereocenters. The summed E-state index contributed by atoms with van der Waals surface area (Å²) in [5, 5.41) is 6.84. The van der Waals surface area contributed by atoms with Crippen LogP contribution in [0.5, 0.6) is 0 Å². The minimum atomic E-state index is -0.796. The van der Waals surface area contributed by atoms with Gasteiger partial charge in [0.25, 0.3) is 11.8 Å². The predicted octanol–water partition coefficient (Wildman–Crippen LogP) is 2.73. The summed E-state index contributed by atoms with van der Waals surface area (Å²) < 4.78 is 28.8. The van der Waals surface area contributed by atoms with Crippen LogP contribution in [0.2, 0.25) is 0 Å². The first-order valence-electron chi connectivity index (χ1n) is 9.31. The van der Waals surface area contributed by atoms with E-state index in [0.717, 1.165) is 31.0 Å². The second-order valence-corrected chi connectivity index (χ2v) is 6.91. The zero-order chi connectivity index (χ0) is 20.5. The van der Waals surface area contributed by atoms with E-state index in [1.165, 1.54) is 13.2 Å². The zero-order valence-electron chi connectivity index (χ0n) is 15.7. The predicted molar refractivity (Wildman–Crippen MR) is 100 cm³/mol. The average Bonchev–Trinajstić information content (AvgIpc) is 3.16. The number of hydrogen-bond acceptors (Lipinski definition) is 4. The van der Waals surface area contributed by atoms with Gasteiger partial charge in [0.1, 0.15) is 17.2 Å². The Labute approximate surface area is 165 Å². The number of nitrogens with one attached hydrogen (secondary N) is 1. The van der Waals surface area contributed by atoms with Crippen molar-refractivity contribution < 1.29 is 18.4 Å². The Hall–Kier alpha value is -3.36. The summed E-state index contributed by atoms with van der Waals surface area (Å²) in [6.07, 6.45) is 5.34. The molecule has 1 saturated heterocycles. The van der Waals surface area contributed by atoms with Crippen molar-refractivity contribution in [3.8, 4) is 0 Å². The molecule has 7 nitrogen and oxygen atoms in total. The number of carbonyl (C=O) groups is 2. The van der Waals surface area contributed by atoms with Gasteiger partial charge in [0, 0.05) is 31.4 Å². The van der Waals surface area contributed by atoms with Gasteiger partial charge in [-0.25, -0.2) is 18.3 Å². The third-order valence-electron chi connectivity index (χ3n) is 5.12. The van der Waals surface area contributed by atoms with Crippen LogP contribution in [0, 0.1) is 11.6 Å². The molecule has 1 aromatic carbocycles. The van der Waals surface area contributed by atoms with Crippen molar-refractivity contribution in [2.24, 2.45) is 0 Å². The lowest BCUT2D eigenvalue weighted by Gasteiger charge is -2.36. The Bertz CT molecular complexity index is 1080. The number of fused-ring (bicyclic) bond motifs is 1. The normalized spacial score (nSPS) is 16.8. The minimum Gasteiger partial charge on any atom is -0.355 e. The average molecular weight is 399 g/mol. The molecule has 1 N–H and O–H groups in total. The van der Waals surface area contributed by atoms with E-state index in [1.807, 2.05) is 0 Å². The van der Waals surface area contributed by atoms with Gasteiger partial charge in [0.05, 0.1) is 17.9 Å². The van der Waals surface area contributed by atoms with Gasteiger partial charge in [-0.3, -0.25) is 9.59 Å². The Kier molecular flexibility index (Phi) is 4.96. The number of carbonyl (C=O) groups excluding carboxylic acids is 2. The first-order valence-corrected chi connectivity index (χ1v) is 9.31. The van der Waals surface area contributed by atoms with E-state index in [9.17, 15) is 18.4 Å². The van der Waals surface area contributed by atoms with Gasteiger partial charge in [-0.2, -0.15) is 5.10 Å². The maximum absolute atomic E-state index is 13.6. The molecular formula is C20H19F2N5O2. The highest BCUT2D eigenvalue weighted by Gasteiger charge is 2.31. The quantitative estimate of drug-likeness (QED) is 0.735. The molecule has 3 heterocycles. The maximum atomic E-state index is 13.6. The topological polar surface area (TPSA) is 79.6 Å². The smallest absolute Gasteiger partial charge is 0.256 e. The molecule has 0 unspecified atom stereocenters. The number of amides is 2. The van der Waals surface area contributed by atoms with E-state index in [0.29, 0.717) is 29.9 Å². The monoisotopic (exact) mass is 399 g/mol. The Balaban J connectivity index is 1.75. The van der Waals surface area contributed by atoms with Crippen molar-refractivity contribution in [1.82, 2.24) is 24.8 Å². The highest BCUT2D eigenvalue weighted by atomic mass is 19.1. The van der Waals surface area contributed by atoms with Crippen molar-refractivity contribution in [2.45, 2.75) is 25.3 Å². The van der Waals surface area contributed by atoms with Crippen LogP contribution in [0.4, 0.5) is 8.78 Å². The van der Waals surface area contributed by atoms with Crippen molar-refractivity contribution in [3.05, 3.63) is 65.1 Å². The Morgan fingerprint density at radius 3 is 2.66 bits per heavy atom. The van der Waals surface area contributed by atoms with Gasteiger partial charge in [0.15, 0.2) is 5.65 Å². The van der Waals surface area contributed by atoms with Crippen LogP contribution in [-0.2, 0) is 0 Å². The number of piperidine rings is 1. The molecule has 1 fully saturated rings. The highest BCUT2D eigenvalue weighted by molar-refractivity contribution is 5.99. The lowest BCUT2D eigenvalue weighted by molar-refractivity contribution is 0.0602. The molecule has 29 heavy (non-hydrogen) atoms. The van der Waals surface area contributed by atoms with E-state index in [4.69, 9.17) is 0 Å². The molecule has 0 bridgehead atoms. The molecule has 1 aliphatic heterocycles. The van der Waals surface area contributed by atoms with Crippen LogP contribution in [0.15, 0.2) is 36.7 Å². The summed E-state index contributed by atoms with van der Waals surface area (Å²) in [6, 6.07) is 4.20. The van der Waals surface area contributed by atoms with Crippen LogP contribution < -0.4 is 5.32 Å². The van der Waals surface area contributed by atoms with Gasteiger partial charge in [-0.1, -0.05) is 0 Å². The van der Waals surface area contributed by atoms with Crippen molar-refractivity contribution in [2.75, 3.05) is 13.6 Å². The number of rotatable bonds is 3. The summed E-state index contributed by atoms with van der Waals surface area (Å²) in [5.41, 5.74) is 1.37. The number of hydrogen-bond donors (Lipinski definition) is 1. The van der Waals surface area contributed by atoms with E-state index in [2.05, 4.69) is 15.4 Å². The molecule has 1 aliphatic rings. The molecular weight excluding hydrogens is 380 g/mol. The Morgan fingerprint density at radius 1 is 1.17 bits per heavy atom. The zero-order valence-corrected chi connectivity index (χ0v) is 15.7. The largest absolute Gasteiger partial charge is 0.355 e. The second kappa shape index (κ2) is 7.57. The number of aromatic nitrogens is 3. The highest BCUT2D eigenvalue weighted by Crippen LogP contribution is 2.32. The molecule has 0 aliphatic carbocycles. The summed E-state index contributed by atoms with van der Waals surface area (Å²) in [7, 11) is 1.52. The standard InChI is InChI=1S/C20H19F2N5O2/c1-23-19(28)15-11-25-27-17(5-6-24-18(15)27)16-4-2-3-7-26(16)20(29)12-8-13(21)10-14(22)9-12/h5-6,8-11,16H,2-4,7H2,1H3,(H,23,28)/t16-/m1/s1. The van der Waals surface area contributed by atoms with Crippen LogP contribution in [0.1, 0.15) is 51.7 Å².